The van der Waals surface area contributed by atoms with E-state index in [1.165, 1.54) is 29.3 Å². The number of nitrogens with zero attached hydrogens (tertiary/aromatic N) is 2. The van der Waals surface area contributed by atoms with Crippen molar-refractivity contribution in [3.8, 4) is 16.2 Å². The highest BCUT2D eigenvalue weighted by Crippen LogP contribution is 2.30. The Labute approximate surface area is 175 Å². The number of methoxy groups -OCH3 is 1. The van der Waals surface area contributed by atoms with E-state index >= 15 is 0 Å². The predicted molar refractivity (Wildman–Crippen MR) is 116 cm³/mol. The molecule has 4 rings (SSSR count). The molecule has 0 aliphatic heterocycles. The molecule has 0 atom stereocenters. The number of hydrogen-bond donors (Lipinski definition) is 1. The van der Waals surface area contributed by atoms with Crippen molar-refractivity contribution in [2.24, 2.45) is 0 Å². The molecule has 1 N–H and O–H groups in total. The highest BCUT2D eigenvalue weighted by molar-refractivity contribution is 7.21. The van der Waals surface area contributed by atoms with Gasteiger partial charge in [0.2, 0.25) is 5.91 Å². The van der Waals surface area contributed by atoms with Crippen LogP contribution in [0, 0.1) is 0 Å². The minimum absolute atomic E-state index is 0.173. The third-order valence-corrected chi connectivity index (χ3v) is 5.65. The van der Waals surface area contributed by atoms with E-state index < -0.39 is 0 Å². The number of anilines is 1. The van der Waals surface area contributed by atoms with Gasteiger partial charge in [-0.1, -0.05) is 41.9 Å². The number of nitrogens with one attached hydrogen (secondary N) is 1. The average Bonchev–Trinajstić information content (AvgIpc) is 3.16. The van der Waals surface area contributed by atoms with Crippen molar-refractivity contribution in [2.75, 3.05) is 12.4 Å². The topological polar surface area (TPSA) is 73.2 Å². The first-order valence-electron chi connectivity index (χ1n) is 8.73. The average molecular weight is 426 g/mol. The Hall–Kier alpha value is -3.16. The first-order valence-corrected chi connectivity index (χ1v) is 9.92. The molecule has 0 saturated carbocycles. The second-order valence-corrected chi connectivity index (χ2v) is 7.73. The van der Waals surface area contributed by atoms with Gasteiger partial charge in [-0.3, -0.25) is 14.2 Å². The molecule has 2 heterocycles. The van der Waals surface area contributed by atoms with E-state index in [0.29, 0.717) is 26.7 Å². The SMILES string of the molecule is COc1ccc(Cl)cc1NC(=O)Cn1cnc2sc(-c3ccccc3)cc2c1=O. The van der Waals surface area contributed by atoms with Crippen LogP contribution in [0.3, 0.4) is 0 Å². The molecule has 0 radical (unpaired) electrons. The van der Waals surface area contributed by atoms with E-state index in [2.05, 4.69) is 10.3 Å². The van der Waals surface area contributed by atoms with Crippen molar-refractivity contribution in [3.05, 3.63) is 76.3 Å². The van der Waals surface area contributed by atoms with Crippen molar-refractivity contribution in [2.45, 2.75) is 6.54 Å². The number of aromatic nitrogens is 2. The van der Waals surface area contributed by atoms with Crippen LogP contribution in [0.25, 0.3) is 20.7 Å². The van der Waals surface area contributed by atoms with Gasteiger partial charge >= 0.3 is 0 Å². The molecule has 4 aromatic rings. The highest BCUT2D eigenvalue weighted by Gasteiger charge is 2.14. The van der Waals surface area contributed by atoms with Crippen LogP contribution in [0.2, 0.25) is 5.02 Å². The van der Waals surface area contributed by atoms with Crippen LogP contribution in [0.15, 0.2) is 65.7 Å². The zero-order valence-corrected chi connectivity index (χ0v) is 17.0. The lowest BCUT2D eigenvalue weighted by atomic mass is 10.2. The number of ether oxygens (including phenoxy) is 1. The lowest BCUT2D eigenvalue weighted by Gasteiger charge is -2.11. The van der Waals surface area contributed by atoms with Gasteiger partial charge in [-0.15, -0.1) is 11.3 Å². The van der Waals surface area contributed by atoms with Gasteiger partial charge in [0.05, 0.1) is 24.5 Å². The molecular formula is C21H16ClN3O3S. The van der Waals surface area contributed by atoms with Gasteiger partial charge in [0.15, 0.2) is 0 Å². The Kier molecular flexibility index (Phi) is 5.33. The number of benzene rings is 2. The summed E-state index contributed by atoms with van der Waals surface area (Å²) in [7, 11) is 1.50. The van der Waals surface area contributed by atoms with Crippen molar-refractivity contribution in [1.82, 2.24) is 9.55 Å². The molecule has 8 heteroatoms. The van der Waals surface area contributed by atoms with Gasteiger partial charge in [0.25, 0.3) is 5.56 Å². The molecule has 2 aromatic heterocycles. The maximum Gasteiger partial charge on any atom is 0.262 e. The molecule has 1 amide bonds. The Bertz CT molecular complexity index is 1250. The first kappa shape index (κ1) is 19.2. The van der Waals surface area contributed by atoms with Crippen LogP contribution in [0.4, 0.5) is 5.69 Å². The molecule has 0 saturated heterocycles. The summed E-state index contributed by atoms with van der Waals surface area (Å²) in [5.74, 6) is 0.0985. The quantitative estimate of drug-likeness (QED) is 0.513. The molecule has 6 nitrogen and oxygen atoms in total. The fourth-order valence-electron chi connectivity index (χ4n) is 2.94. The first-order chi connectivity index (χ1) is 14.0. The Morgan fingerprint density at radius 1 is 1.21 bits per heavy atom. The minimum atomic E-state index is -0.382. The van der Waals surface area contributed by atoms with Gasteiger partial charge in [-0.25, -0.2) is 4.98 Å². The summed E-state index contributed by atoms with van der Waals surface area (Å²) in [4.78, 5) is 31.3. The summed E-state index contributed by atoms with van der Waals surface area (Å²) in [6.45, 7) is -0.173. The molecular weight excluding hydrogens is 410 g/mol. The van der Waals surface area contributed by atoms with E-state index in [1.54, 1.807) is 18.2 Å². The van der Waals surface area contributed by atoms with Gasteiger partial charge in [-0.2, -0.15) is 0 Å². The van der Waals surface area contributed by atoms with Crippen molar-refractivity contribution < 1.29 is 9.53 Å². The van der Waals surface area contributed by atoms with Gasteiger partial charge in [0.1, 0.15) is 17.1 Å². The van der Waals surface area contributed by atoms with Crippen molar-refractivity contribution in [3.63, 3.8) is 0 Å². The van der Waals surface area contributed by atoms with Crippen LogP contribution in [0.1, 0.15) is 0 Å². The van der Waals surface area contributed by atoms with Crippen molar-refractivity contribution >= 4 is 44.7 Å². The van der Waals surface area contributed by atoms with Crippen LogP contribution in [-0.4, -0.2) is 22.6 Å². The highest BCUT2D eigenvalue weighted by atomic mass is 35.5. The number of rotatable bonds is 5. The number of halogens is 1. The second kappa shape index (κ2) is 8.06. The number of hydrogen-bond acceptors (Lipinski definition) is 5. The largest absolute Gasteiger partial charge is 0.495 e. The number of carbonyl (C=O) groups excluding carboxylic acids is 1. The zero-order chi connectivity index (χ0) is 20.4. The fraction of sp³-hybridized carbons (Fsp3) is 0.0952. The van der Waals surface area contributed by atoms with Crippen LogP contribution < -0.4 is 15.6 Å². The lowest BCUT2D eigenvalue weighted by Crippen LogP contribution is -2.27. The van der Waals surface area contributed by atoms with Gasteiger partial charge in [-0.05, 0) is 29.8 Å². The van der Waals surface area contributed by atoms with Crippen LogP contribution in [-0.2, 0) is 11.3 Å². The van der Waals surface area contributed by atoms with E-state index in [0.717, 1.165) is 10.4 Å². The molecule has 146 valence electrons. The van der Waals surface area contributed by atoms with Crippen LogP contribution >= 0.6 is 22.9 Å². The Morgan fingerprint density at radius 3 is 2.76 bits per heavy atom. The number of thiophene rings is 1. The normalized spacial score (nSPS) is 10.8. The van der Waals surface area contributed by atoms with Gasteiger partial charge < -0.3 is 10.1 Å². The monoisotopic (exact) mass is 425 g/mol. The standard InChI is InChI=1S/C21H16ClN3O3S/c1-28-17-8-7-14(22)9-16(17)24-19(26)11-25-12-23-20-15(21(25)27)10-18(29-20)13-5-3-2-4-6-13/h2-10,12H,11H2,1H3,(H,24,26). The lowest BCUT2D eigenvalue weighted by molar-refractivity contribution is -0.116. The Balaban J connectivity index is 1.60. The molecule has 0 spiro atoms. The maximum absolute atomic E-state index is 12.8. The molecule has 29 heavy (non-hydrogen) atoms. The van der Waals surface area contributed by atoms with E-state index in [-0.39, 0.29) is 18.0 Å². The molecule has 0 aliphatic rings. The fourth-order valence-corrected chi connectivity index (χ4v) is 4.11. The summed E-state index contributed by atoms with van der Waals surface area (Å²) in [6.07, 6.45) is 1.39. The maximum atomic E-state index is 12.8. The van der Waals surface area contributed by atoms with E-state index in [9.17, 15) is 9.59 Å². The predicted octanol–water partition coefficient (Wildman–Crippen LogP) is 4.43. The number of carbonyl (C=O) groups is 1. The summed E-state index contributed by atoms with van der Waals surface area (Å²) in [6, 6.07) is 16.5. The molecule has 2 aromatic carbocycles. The van der Waals surface area contributed by atoms with E-state index in [1.807, 2.05) is 36.4 Å². The minimum Gasteiger partial charge on any atom is -0.495 e. The summed E-state index contributed by atoms with van der Waals surface area (Å²) < 4.78 is 6.51. The smallest absolute Gasteiger partial charge is 0.262 e. The van der Waals surface area contributed by atoms with Crippen molar-refractivity contribution in [1.29, 1.82) is 0 Å². The van der Waals surface area contributed by atoms with E-state index in [4.69, 9.17) is 16.3 Å². The summed E-state index contributed by atoms with van der Waals surface area (Å²) in [5.41, 5.74) is 1.20. The second-order valence-electron chi connectivity index (χ2n) is 6.27. The van der Waals surface area contributed by atoms with Gasteiger partial charge in [0, 0.05) is 9.90 Å². The Morgan fingerprint density at radius 2 is 2.00 bits per heavy atom. The van der Waals surface area contributed by atoms with Crippen LogP contribution in [0.5, 0.6) is 5.75 Å². The summed E-state index contributed by atoms with van der Waals surface area (Å²) >= 11 is 7.44. The molecule has 0 fully saturated rings. The summed E-state index contributed by atoms with van der Waals surface area (Å²) in [5, 5.41) is 3.68. The molecule has 0 aliphatic carbocycles. The third kappa shape index (κ3) is 4.01. The third-order valence-electron chi connectivity index (χ3n) is 4.33. The number of amides is 1. The molecule has 0 bridgehead atoms. The number of fused-ring (bicyclic) bond motifs is 1. The molecule has 0 unspecified atom stereocenters. The zero-order valence-electron chi connectivity index (χ0n) is 15.4.